The summed E-state index contributed by atoms with van der Waals surface area (Å²) >= 11 is 0. The molecule has 2 N–H and O–H groups in total. The maximum atomic E-state index is 11.5. The van der Waals surface area contributed by atoms with Crippen LogP contribution >= 0.6 is 0 Å². The number of carbonyl (C=O) groups is 1. The van der Waals surface area contributed by atoms with Crippen LogP contribution in [-0.2, 0) is 4.74 Å². The Balaban J connectivity index is 2.95. The number of esters is 1. The largest absolute Gasteiger partial charge is 0.465 e. The molecule has 0 heterocycles. The van der Waals surface area contributed by atoms with Crippen molar-refractivity contribution in [3.05, 3.63) is 33.9 Å². The Hall–Kier alpha value is -2.15. The molecule has 0 aliphatic heterocycles. The van der Waals surface area contributed by atoms with Gasteiger partial charge in [-0.05, 0) is 24.5 Å². The second kappa shape index (κ2) is 8.21. The van der Waals surface area contributed by atoms with Crippen LogP contribution in [0.2, 0.25) is 0 Å². The van der Waals surface area contributed by atoms with E-state index in [9.17, 15) is 14.9 Å². The van der Waals surface area contributed by atoms with Gasteiger partial charge in [0.1, 0.15) is 5.69 Å². The normalized spacial score (nSPS) is 11.8. The van der Waals surface area contributed by atoms with Crippen LogP contribution in [0.15, 0.2) is 18.2 Å². The SMILES string of the molecule is CCC(CCO)CNc1cc(C(=O)OC)ccc1[N+](=O)[O-]. The molecule has 0 bridgehead atoms. The lowest BCUT2D eigenvalue weighted by molar-refractivity contribution is -0.384. The van der Waals surface area contributed by atoms with Crippen molar-refractivity contribution in [3.8, 4) is 0 Å². The molecule has 0 radical (unpaired) electrons. The van der Waals surface area contributed by atoms with Crippen molar-refractivity contribution in [2.75, 3.05) is 25.6 Å². The molecule has 0 aromatic heterocycles. The van der Waals surface area contributed by atoms with E-state index in [-0.39, 0.29) is 29.5 Å². The third kappa shape index (κ3) is 4.71. The van der Waals surface area contributed by atoms with E-state index in [1.165, 1.54) is 25.3 Å². The zero-order chi connectivity index (χ0) is 15.8. The molecular formula is C14H20N2O5. The van der Waals surface area contributed by atoms with Crippen LogP contribution in [0.5, 0.6) is 0 Å². The number of hydrogen-bond acceptors (Lipinski definition) is 6. The van der Waals surface area contributed by atoms with E-state index < -0.39 is 10.9 Å². The number of nitrogens with one attached hydrogen (secondary N) is 1. The molecule has 0 saturated heterocycles. The average molecular weight is 296 g/mol. The van der Waals surface area contributed by atoms with Crippen LogP contribution in [0.3, 0.4) is 0 Å². The van der Waals surface area contributed by atoms with Crippen LogP contribution in [0.4, 0.5) is 11.4 Å². The van der Waals surface area contributed by atoms with E-state index in [1.54, 1.807) is 0 Å². The van der Waals surface area contributed by atoms with Crippen molar-refractivity contribution < 1.29 is 19.6 Å². The molecule has 7 nitrogen and oxygen atoms in total. The first kappa shape index (κ1) is 16.9. The lowest BCUT2D eigenvalue weighted by Gasteiger charge is -2.15. The van der Waals surface area contributed by atoms with E-state index in [1.807, 2.05) is 6.92 Å². The van der Waals surface area contributed by atoms with Gasteiger partial charge in [-0.25, -0.2) is 4.79 Å². The summed E-state index contributed by atoms with van der Waals surface area (Å²) < 4.78 is 4.61. The van der Waals surface area contributed by atoms with Crippen molar-refractivity contribution in [1.29, 1.82) is 0 Å². The standard InChI is InChI=1S/C14H20N2O5/c1-3-10(6-7-17)9-15-12-8-11(14(18)21-2)4-5-13(12)16(19)20/h4-5,8,10,15,17H,3,6-7,9H2,1-2H3. The van der Waals surface area contributed by atoms with E-state index in [4.69, 9.17) is 5.11 Å². The van der Waals surface area contributed by atoms with E-state index >= 15 is 0 Å². The zero-order valence-corrected chi connectivity index (χ0v) is 12.2. The predicted octanol–water partition coefficient (Wildman–Crippen LogP) is 2.20. The molecule has 1 rings (SSSR count). The van der Waals surface area contributed by atoms with Crippen molar-refractivity contribution in [3.63, 3.8) is 0 Å². The molecule has 0 spiro atoms. The molecule has 0 fully saturated rings. The third-order valence-corrected chi connectivity index (χ3v) is 3.31. The van der Waals surface area contributed by atoms with Crippen LogP contribution in [-0.4, -0.2) is 36.3 Å². The molecule has 21 heavy (non-hydrogen) atoms. The first-order valence-electron chi connectivity index (χ1n) is 6.74. The Kier molecular flexibility index (Phi) is 6.61. The van der Waals surface area contributed by atoms with Gasteiger partial charge in [0.15, 0.2) is 0 Å². The zero-order valence-electron chi connectivity index (χ0n) is 12.2. The Labute approximate surface area is 123 Å². The molecule has 1 aromatic carbocycles. The summed E-state index contributed by atoms with van der Waals surface area (Å²) in [5.41, 5.74) is 0.432. The summed E-state index contributed by atoms with van der Waals surface area (Å²) in [5.74, 6) is -0.341. The maximum Gasteiger partial charge on any atom is 0.337 e. The van der Waals surface area contributed by atoms with Crippen molar-refractivity contribution in [2.24, 2.45) is 5.92 Å². The second-order valence-corrected chi connectivity index (χ2v) is 4.65. The number of nitro benzene ring substituents is 1. The highest BCUT2D eigenvalue weighted by atomic mass is 16.6. The van der Waals surface area contributed by atoms with Crippen molar-refractivity contribution in [2.45, 2.75) is 19.8 Å². The number of rotatable bonds is 8. The van der Waals surface area contributed by atoms with Crippen molar-refractivity contribution >= 4 is 17.3 Å². The smallest absolute Gasteiger partial charge is 0.337 e. The summed E-state index contributed by atoms with van der Waals surface area (Å²) in [6.07, 6.45) is 1.46. The fourth-order valence-electron chi connectivity index (χ4n) is 1.97. The van der Waals surface area contributed by atoms with E-state index in [0.717, 1.165) is 6.42 Å². The molecule has 0 amide bonds. The topological polar surface area (TPSA) is 102 Å². The molecule has 1 aromatic rings. The Morgan fingerprint density at radius 1 is 1.52 bits per heavy atom. The van der Waals surface area contributed by atoms with Gasteiger partial charge in [0, 0.05) is 19.2 Å². The third-order valence-electron chi connectivity index (χ3n) is 3.31. The molecule has 1 atom stereocenters. The first-order chi connectivity index (χ1) is 10.0. The molecule has 1 unspecified atom stereocenters. The van der Waals surface area contributed by atoms with Crippen LogP contribution in [0.1, 0.15) is 30.1 Å². The number of hydrogen-bond donors (Lipinski definition) is 2. The fraction of sp³-hybridized carbons (Fsp3) is 0.500. The molecule has 0 aliphatic rings. The van der Waals surface area contributed by atoms with Gasteiger partial charge in [-0.2, -0.15) is 0 Å². The second-order valence-electron chi connectivity index (χ2n) is 4.65. The summed E-state index contributed by atoms with van der Waals surface area (Å²) in [5, 5.41) is 23.0. The van der Waals surface area contributed by atoms with Gasteiger partial charge in [-0.3, -0.25) is 10.1 Å². The fourth-order valence-corrected chi connectivity index (χ4v) is 1.97. The van der Waals surface area contributed by atoms with Crippen molar-refractivity contribution in [1.82, 2.24) is 0 Å². The highest BCUT2D eigenvalue weighted by molar-refractivity contribution is 5.91. The molecule has 0 aliphatic carbocycles. The highest BCUT2D eigenvalue weighted by Gasteiger charge is 2.18. The van der Waals surface area contributed by atoms with Gasteiger partial charge in [-0.1, -0.05) is 13.3 Å². The summed E-state index contributed by atoms with van der Waals surface area (Å²) in [7, 11) is 1.26. The number of nitro groups is 1. The minimum atomic E-state index is -0.546. The number of aliphatic hydroxyl groups is 1. The Morgan fingerprint density at radius 3 is 2.76 bits per heavy atom. The summed E-state index contributed by atoms with van der Waals surface area (Å²) in [6, 6.07) is 4.05. The summed E-state index contributed by atoms with van der Waals surface area (Å²) in [6.45, 7) is 2.55. The molecule has 0 saturated carbocycles. The minimum absolute atomic E-state index is 0.0739. The summed E-state index contributed by atoms with van der Waals surface area (Å²) in [4.78, 5) is 22.0. The average Bonchev–Trinajstić information content (AvgIpc) is 2.50. The quantitative estimate of drug-likeness (QED) is 0.433. The number of anilines is 1. The van der Waals surface area contributed by atoms with E-state index in [2.05, 4.69) is 10.1 Å². The van der Waals surface area contributed by atoms with Gasteiger partial charge in [-0.15, -0.1) is 0 Å². The van der Waals surface area contributed by atoms with Gasteiger partial charge in [0.25, 0.3) is 5.69 Å². The lowest BCUT2D eigenvalue weighted by Crippen LogP contribution is -2.16. The minimum Gasteiger partial charge on any atom is -0.465 e. The van der Waals surface area contributed by atoms with Crippen LogP contribution in [0, 0.1) is 16.0 Å². The number of carbonyl (C=O) groups excluding carboxylic acids is 1. The first-order valence-corrected chi connectivity index (χ1v) is 6.74. The Bertz CT molecular complexity index is 504. The maximum absolute atomic E-state index is 11.5. The van der Waals surface area contributed by atoms with Crippen LogP contribution < -0.4 is 5.32 Å². The number of benzene rings is 1. The number of nitrogens with zero attached hydrogens (tertiary/aromatic N) is 1. The number of ether oxygens (including phenoxy) is 1. The van der Waals surface area contributed by atoms with E-state index in [0.29, 0.717) is 13.0 Å². The highest BCUT2D eigenvalue weighted by Crippen LogP contribution is 2.26. The van der Waals surface area contributed by atoms with Crippen LogP contribution in [0.25, 0.3) is 0 Å². The molecule has 116 valence electrons. The number of aliphatic hydroxyl groups excluding tert-OH is 1. The van der Waals surface area contributed by atoms with Gasteiger partial charge < -0.3 is 15.2 Å². The Morgan fingerprint density at radius 2 is 2.24 bits per heavy atom. The van der Waals surface area contributed by atoms with Gasteiger partial charge in [0.2, 0.25) is 0 Å². The van der Waals surface area contributed by atoms with Gasteiger partial charge in [0.05, 0.1) is 17.6 Å². The molecular weight excluding hydrogens is 276 g/mol. The monoisotopic (exact) mass is 296 g/mol. The van der Waals surface area contributed by atoms with Gasteiger partial charge >= 0.3 is 5.97 Å². The molecule has 7 heteroatoms. The lowest BCUT2D eigenvalue weighted by atomic mass is 10.0. The predicted molar refractivity (Wildman–Crippen MR) is 78.4 cm³/mol. The number of methoxy groups -OCH3 is 1.